The molecule has 0 aliphatic carbocycles. The van der Waals surface area contributed by atoms with E-state index in [-0.39, 0.29) is 5.91 Å². The second-order valence-corrected chi connectivity index (χ2v) is 8.30. The lowest BCUT2D eigenvalue weighted by atomic mass is 10.1. The van der Waals surface area contributed by atoms with Crippen molar-refractivity contribution in [3.05, 3.63) is 76.2 Å². The van der Waals surface area contributed by atoms with E-state index in [1.165, 1.54) is 6.20 Å². The lowest BCUT2D eigenvalue weighted by Gasteiger charge is -2.32. The number of nitrogens with two attached hydrogens (primary N) is 1. The number of nitrogens with one attached hydrogen (secondary N) is 1. The lowest BCUT2D eigenvalue weighted by molar-refractivity contribution is 0.102. The normalized spacial score (nSPS) is 14.4. The Balaban J connectivity index is 1.40. The lowest BCUT2D eigenvalue weighted by Crippen LogP contribution is -2.43. The van der Waals surface area contributed by atoms with E-state index in [9.17, 15) is 4.79 Å². The topological polar surface area (TPSA) is 100 Å². The maximum atomic E-state index is 12.7. The van der Waals surface area contributed by atoms with E-state index in [4.69, 9.17) is 17.3 Å². The van der Waals surface area contributed by atoms with Crippen molar-refractivity contribution in [1.82, 2.24) is 25.0 Å². The number of carbonyl (C=O) groups excluding carboxylic acids is 1. The predicted molar refractivity (Wildman–Crippen MR) is 129 cm³/mol. The zero-order chi connectivity index (χ0) is 23.2. The van der Waals surface area contributed by atoms with Gasteiger partial charge in [-0.2, -0.15) is 0 Å². The Labute approximate surface area is 197 Å². The van der Waals surface area contributed by atoms with Crippen LogP contribution in [-0.4, -0.2) is 64.1 Å². The molecule has 1 fully saturated rings. The highest BCUT2D eigenvalue weighted by Crippen LogP contribution is 2.23. The number of piperazine rings is 1. The summed E-state index contributed by atoms with van der Waals surface area (Å²) in [5, 5.41) is 11.2. The second kappa shape index (κ2) is 10.4. The molecule has 1 saturated heterocycles. The summed E-state index contributed by atoms with van der Waals surface area (Å²) in [4.78, 5) is 21.6. The van der Waals surface area contributed by atoms with Crippen LogP contribution < -0.4 is 11.1 Å². The number of halogens is 1. The van der Waals surface area contributed by atoms with E-state index in [0.717, 1.165) is 38.3 Å². The number of anilines is 2. The van der Waals surface area contributed by atoms with Crippen LogP contribution in [0.3, 0.4) is 0 Å². The van der Waals surface area contributed by atoms with E-state index >= 15 is 0 Å². The average molecular weight is 462 g/mol. The second-order valence-electron chi connectivity index (χ2n) is 7.90. The molecular weight excluding hydrogens is 438 g/mol. The number of pyridine rings is 1. The van der Waals surface area contributed by atoms with Crippen molar-refractivity contribution in [3.8, 4) is 11.8 Å². The van der Waals surface area contributed by atoms with E-state index in [1.54, 1.807) is 30.5 Å². The average Bonchev–Trinajstić information content (AvgIpc) is 2.82. The van der Waals surface area contributed by atoms with Crippen molar-refractivity contribution in [2.24, 2.45) is 0 Å². The maximum Gasteiger partial charge on any atom is 0.257 e. The summed E-state index contributed by atoms with van der Waals surface area (Å²) in [5.74, 6) is 5.85. The molecule has 33 heavy (non-hydrogen) atoms. The van der Waals surface area contributed by atoms with Gasteiger partial charge in [0.2, 0.25) is 0 Å². The van der Waals surface area contributed by atoms with Gasteiger partial charge in [0.15, 0.2) is 0 Å². The van der Waals surface area contributed by atoms with Crippen molar-refractivity contribution >= 4 is 29.0 Å². The Morgan fingerprint density at radius 3 is 2.64 bits per heavy atom. The first-order valence-corrected chi connectivity index (χ1v) is 10.9. The number of nitrogen functional groups attached to an aromatic ring is 1. The van der Waals surface area contributed by atoms with Crippen LogP contribution in [0, 0.1) is 11.8 Å². The molecule has 3 heterocycles. The van der Waals surface area contributed by atoms with Crippen LogP contribution in [0.5, 0.6) is 0 Å². The van der Waals surface area contributed by atoms with Crippen LogP contribution in [0.1, 0.15) is 27.2 Å². The summed E-state index contributed by atoms with van der Waals surface area (Å²) in [5.41, 5.74) is 8.65. The Morgan fingerprint density at radius 2 is 1.91 bits per heavy atom. The minimum absolute atomic E-state index is 0.290. The van der Waals surface area contributed by atoms with Crippen molar-refractivity contribution in [2.45, 2.75) is 6.54 Å². The molecule has 4 rings (SSSR count). The summed E-state index contributed by atoms with van der Waals surface area (Å²) in [6.45, 7) is 4.93. The standard InChI is InChI=1S/C24H24ClN7O/c1-31-8-10-32(11-9-31)16-18-3-5-21(13-22(18)25)28-24(33)19-12-17(14-27-15-19)2-4-20-6-7-23(26)30-29-20/h3,5-7,12-15H,8-11,16H2,1H3,(H2,26,30)(H,28,33). The summed E-state index contributed by atoms with van der Waals surface area (Å²) in [6, 6.07) is 10.6. The smallest absolute Gasteiger partial charge is 0.257 e. The third-order valence-corrected chi connectivity index (χ3v) is 5.67. The summed E-state index contributed by atoms with van der Waals surface area (Å²) < 4.78 is 0. The van der Waals surface area contributed by atoms with Crippen molar-refractivity contribution in [2.75, 3.05) is 44.3 Å². The third kappa shape index (κ3) is 6.26. The molecule has 8 nitrogen and oxygen atoms in total. The van der Waals surface area contributed by atoms with E-state index in [0.29, 0.717) is 33.3 Å². The first kappa shape index (κ1) is 22.7. The zero-order valence-electron chi connectivity index (χ0n) is 18.3. The van der Waals surface area contributed by atoms with Gasteiger partial charge in [0, 0.05) is 61.4 Å². The van der Waals surface area contributed by atoms with Crippen LogP contribution in [0.25, 0.3) is 0 Å². The Morgan fingerprint density at radius 1 is 1.09 bits per heavy atom. The molecule has 1 aromatic carbocycles. The minimum Gasteiger partial charge on any atom is -0.382 e. The fourth-order valence-electron chi connectivity index (χ4n) is 3.38. The molecule has 1 amide bonds. The molecule has 1 aliphatic heterocycles. The Kier molecular flexibility index (Phi) is 7.15. The number of amides is 1. The maximum absolute atomic E-state index is 12.7. The van der Waals surface area contributed by atoms with Crippen LogP contribution in [-0.2, 0) is 6.54 Å². The quantitative estimate of drug-likeness (QED) is 0.576. The number of likely N-dealkylation sites (N-methyl/N-ethyl adjacent to an activating group) is 1. The fourth-order valence-corrected chi connectivity index (χ4v) is 3.62. The molecule has 3 aromatic rings. The molecule has 0 radical (unpaired) electrons. The molecule has 9 heteroatoms. The third-order valence-electron chi connectivity index (χ3n) is 5.32. The predicted octanol–water partition coefficient (Wildman–Crippen LogP) is 2.51. The van der Waals surface area contributed by atoms with Gasteiger partial charge in [0.1, 0.15) is 11.5 Å². The summed E-state index contributed by atoms with van der Waals surface area (Å²) in [6.07, 6.45) is 3.07. The monoisotopic (exact) mass is 461 g/mol. The molecule has 0 bridgehead atoms. The molecule has 168 valence electrons. The molecule has 2 aromatic heterocycles. The highest BCUT2D eigenvalue weighted by Gasteiger charge is 2.15. The number of benzene rings is 1. The molecule has 0 atom stereocenters. The number of nitrogens with zero attached hydrogens (tertiary/aromatic N) is 5. The van der Waals surface area contributed by atoms with Crippen LogP contribution >= 0.6 is 11.6 Å². The summed E-state index contributed by atoms with van der Waals surface area (Å²) in [7, 11) is 2.13. The van der Waals surface area contributed by atoms with E-state index in [2.05, 4.69) is 49.2 Å². The molecule has 0 saturated carbocycles. The molecule has 0 spiro atoms. The van der Waals surface area contributed by atoms with Gasteiger partial charge in [-0.25, -0.2) is 0 Å². The summed E-state index contributed by atoms with van der Waals surface area (Å²) >= 11 is 6.50. The van der Waals surface area contributed by atoms with Gasteiger partial charge in [0.05, 0.1) is 5.56 Å². The Bertz CT molecular complexity index is 1200. The molecule has 1 aliphatic rings. The first-order chi connectivity index (χ1) is 16.0. The van der Waals surface area contributed by atoms with Gasteiger partial charge in [-0.05, 0) is 48.9 Å². The number of carbonyl (C=O) groups is 1. The van der Waals surface area contributed by atoms with Gasteiger partial charge in [-0.1, -0.05) is 23.6 Å². The zero-order valence-corrected chi connectivity index (χ0v) is 19.0. The molecule has 0 unspecified atom stereocenters. The molecule has 3 N–H and O–H groups in total. The fraction of sp³-hybridized carbons (Fsp3) is 0.250. The Hall–Kier alpha value is -3.51. The van der Waals surface area contributed by atoms with Crippen molar-refractivity contribution in [3.63, 3.8) is 0 Å². The number of hydrogen-bond donors (Lipinski definition) is 2. The minimum atomic E-state index is -0.290. The number of rotatable bonds is 4. The van der Waals surface area contributed by atoms with Gasteiger partial charge < -0.3 is 16.0 Å². The first-order valence-electron chi connectivity index (χ1n) is 10.5. The van der Waals surface area contributed by atoms with Gasteiger partial charge in [0.25, 0.3) is 5.91 Å². The van der Waals surface area contributed by atoms with Crippen molar-refractivity contribution in [1.29, 1.82) is 0 Å². The van der Waals surface area contributed by atoms with Crippen LogP contribution in [0.4, 0.5) is 11.5 Å². The van der Waals surface area contributed by atoms with Crippen LogP contribution in [0.15, 0.2) is 48.8 Å². The van der Waals surface area contributed by atoms with Crippen LogP contribution in [0.2, 0.25) is 5.02 Å². The largest absolute Gasteiger partial charge is 0.382 e. The SMILES string of the molecule is CN1CCN(Cc2ccc(NC(=O)c3cncc(C#Cc4ccc(N)nn4)c3)cc2Cl)CC1. The number of aromatic nitrogens is 3. The highest BCUT2D eigenvalue weighted by molar-refractivity contribution is 6.31. The van der Waals surface area contributed by atoms with Gasteiger partial charge >= 0.3 is 0 Å². The molecular formula is C24H24ClN7O. The van der Waals surface area contributed by atoms with Gasteiger partial charge in [-0.3, -0.25) is 14.7 Å². The highest BCUT2D eigenvalue weighted by atomic mass is 35.5. The van der Waals surface area contributed by atoms with Gasteiger partial charge in [-0.15, -0.1) is 10.2 Å². The van der Waals surface area contributed by atoms with E-state index < -0.39 is 0 Å². The van der Waals surface area contributed by atoms with E-state index in [1.807, 2.05) is 12.1 Å². The number of hydrogen-bond acceptors (Lipinski definition) is 7. The van der Waals surface area contributed by atoms with Crippen molar-refractivity contribution < 1.29 is 4.79 Å².